The smallest absolute Gasteiger partial charge is 0.253 e. The molecule has 0 saturated carbocycles. The van der Waals surface area contributed by atoms with Crippen LogP contribution in [0.2, 0.25) is 15.1 Å². The first-order chi connectivity index (χ1) is 8.90. The van der Waals surface area contributed by atoms with Crippen LogP contribution >= 0.6 is 46.4 Å². The Morgan fingerprint density at radius 1 is 0.947 bits per heavy atom. The van der Waals surface area contributed by atoms with Crippen LogP contribution in [0.15, 0.2) is 30.3 Å². The zero-order chi connectivity index (χ0) is 14.2. The van der Waals surface area contributed by atoms with Crippen molar-refractivity contribution in [2.75, 3.05) is 0 Å². The molecule has 0 spiro atoms. The molecule has 0 aromatic heterocycles. The highest BCUT2D eigenvalue weighted by atomic mass is 35.5. The van der Waals surface area contributed by atoms with Crippen molar-refractivity contribution in [3.05, 3.63) is 56.8 Å². The summed E-state index contributed by atoms with van der Waals surface area (Å²) in [7, 11) is 0. The van der Waals surface area contributed by atoms with Gasteiger partial charge in [0.05, 0.1) is 20.6 Å². The van der Waals surface area contributed by atoms with E-state index in [1.807, 2.05) is 0 Å². The Labute approximate surface area is 128 Å². The number of halogens is 5. The highest BCUT2D eigenvalue weighted by molar-refractivity contribution is 6.68. The summed E-state index contributed by atoms with van der Waals surface area (Å²) >= 11 is 22.8. The Morgan fingerprint density at radius 3 is 2.21 bits per heavy atom. The highest BCUT2D eigenvalue weighted by Crippen LogP contribution is 2.33. The topological polar surface area (TPSA) is 17.1 Å². The lowest BCUT2D eigenvalue weighted by Gasteiger charge is -2.08. The summed E-state index contributed by atoms with van der Waals surface area (Å²) in [5.41, 5.74) is 0.636. The lowest BCUT2D eigenvalue weighted by molar-refractivity contribution is 0.108. The Morgan fingerprint density at radius 2 is 1.63 bits per heavy atom. The monoisotopic (exact) mass is 336 g/mol. The van der Waals surface area contributed by atoms with Gasteiger partial charge in [-0.05, 0) is 41.4 Å². The molecule has 2 aromatic rings. The Balaban J connectivity index is 2.60. The molecular formula is C13H5Cl4FO. The van der Waals surface area contributed by atoms with Crippen molar-refractivity contribution >= 4 is 51.6 Å². The van der Waals surface area contributed by atoms with Gasteiger partial charge < -0.3 is 0 Å². The summed E-state index contributed by atoms with van der Waals surface area (Å²) < 4.78 is 14.0. The maximum Gasteiger partial charge on any atom is 0.253 e. The Hall–Kier alpha value is -0.800. The molecule has 0 fully saturated rings. The first-order valence-electron chi connectivity index (χ1n) is 5.04. The molecule has 0 aliphatic carbocycles. The quantitative estimate of drug-likeness (QED) is 0.630. The van der Waals surface area contributed by atoms with Gasteiger partial charge in [0.25, 0.3) is 5.24 Å². The van der Waals surface area contributed by atoms with E-state index in [1.165, 1.54) is 12.1 Å². The molecule has 0 aliphatic rings. The molecule has 0 bridgehead atoms. The lowest BCUT2D eigenvalue weighted by atomic mass is 10.0. The van der Waals surface area contributed by atoms with Crippen LogP contribution in [0.3, 0.4) is 0 Å². The number of hydrogen-bond donors (Lipinski definition) is 0. The van der Waals surface area contributed by atoms with Crippen LogP contribution < -0.4 is 0 Å². The standard InChI is InChI=1S/C13H5Cl4FO/c14-9-2-1-6(3-11(9)16)7-4-10(15)8(13(17)19)5-12(7)18/h1-5H. The molecule has 0 aliphatic heterocycles. The van der Waals surface area contributed by atoms with E-state index < -0.39 is 11.1 Å². The third-order valence-electron chi connectivity index (χ3n) is 2.50. The minimum atomic E-state index is -0.815. The molecule has 19 heavy (non-hydrogen) atoms. The van der Waals surface area contributed by atoms with Crippen LogP contribution in [0, 0.1) is 5.82 Å². The lowest BCUT2D eigenvalue weighted by Crippen LogP contribution is -1.94. The van der Waals surface area contributed by atoms with Gasteiger partial charge in [-0.1, -0.05) is 40.9 Å². The van der Waals surface area contributed by atoms with Crippen molar-refractivity contribution in [1.82, 2.24) is 0 Å². The van der Waals surface area contributed by atoms with Gasteiger partial charge >= 0.3 is 0 Å². The zero-order valence-electron chi connectivity index (χ0n) is 9.18. The Bertz CT molecular complexity index is 670. The minimum absolute atomic E-state index is 0.0717. The van der Waals surface area contributed by atoms with E-state index in [9.17, 15) is 9.18 Å². The number of carbonyl (C=O) groups excluding carboxylic acids is 1. The molecule has 0 unspecified atom stereocenters. The van der Waals surface area contributed by atoms with Gasteiger partial charge in [-0.3, -0.25) is 4.79 Å². The summed E-state index contributed by atoms with van der Waals surface area (Å²) in [6, 6.07) is 6.99. The van der Waals surface area contributed by atoms with Gasteiger partial charge in [0, 0.05) is 5.56 Å². The van der Waals surface area contributed by atoms with Gasteiger partial charge in [0.15, 0.2) is 0 Å². The van der Waals surface area contributed by atoms with Gasteiger partial charge in [0.2, 0.25) is 0 Å². The third kappa shape index (κ3) is 3.03. The SMILES string of the molecule is O=C(Cl)c1cc(F)c(-c2ccc(Cl)c(Cl)c2)cc1Cl. The van der Waals surface area contributed by atoms with Gasteiger partial charge in [-0.25, -0.2) is 4.39 Å². The van der Waals surface area contributed by atoms with E-state index >= 15 is 0 Å². The molecule has 1 nitrogen and oxygen atoms in total. The summed E-state index contributed by atoms with van der Waals surface area (Å²) in [6.45, 7) is 0. The fraction of sp³-hybridized carbons (Fsp3) is 0. The van der Waals surface area contributed by atoms with Crippen LogP contribution in [0.1, 0.15) is 10.4 Å². The Kier molecular flexibility index (Phi) is 4.36. The molecule has 0 radical (unpaired) electrons. The number of hydrogen-bond acceptors (Lipinski definition) is 1. The van der Waals surface area contributed by atoms with E-state index in [0.717, 1.165) is 6.07 Å². The van der Waals surface area contributed by atoms with Gasteiger partial charge in [-0.15, -0.1) is 0 Å². The van der Waals surface area contributed by atoms with Crippen LogP contribution in [0.25, 0.3) is 11.1 Å². The molecule has 0 N–H and O–H groups in total. The molecule has 0 saturated heterocycles. The molecular weight excluding hydrogens is 333 g/mol. The molecule has 0 heterocycles. The van der Waals surface area contributed by atoms with Crippen molar-refractivity contribution < 1.29 is 9.18 Å². The van der Waals surface area contributed by atoms with Crippen molar-refractivity contribution in [3.63, 3.8) is 0 Å². The number of rotatable bonds is 2. The molecule has 98 valence electrons. The third-order valence-corrected chi connectivity index (χ3v) is 3.75. The summed E-state index contributed by atoms with van der Waals surface area (Å²) in [5.74, 6) is -0.619. The molecule has 0 amide bonds. The average molecular weight is 338 g/mol. The second-order valence-electron chi connectivity index (χ2n) is 3.71. The second-order valence-corrected chi connectivity index (χ2v) is 5.28. The fourth-order valence-electron chi connectivity index (χ4n) is 1.58. The summed E-state index contributed by atoms with van der Waals surface area (Å²) in [4.78, 5) is 11.0. The van der Waals surface area contributed by atoms with E-state index in [0.29, 0.717) is 15.6 Å². The van der Waals surface area contributed by atoms with Crippen molar-refractivity contribution in [2.24, 2.45) is 0 Å². The van der Waals surface area contributed by atoms with Crippen molar-refractivity contribution in [3.8, 4) is 11.1 Å². The van der Waals surface area contributed by atoms with Crippen LogP contribution in [0.4, 0.5) is 4.39 Å². The fourth-order valence-corrected chi connectivity index (χ4v) is 2.33. The van der Waals surface area contributed by atoms with Gasteiger partial charge in [-0.2, -0.15) is 0 Å². The maximum absolute atomic E-state index is 14.0. The van der Waals surface area contributed by atoms with E-state index in [2.05, 4.69) is 0 Å². The molecule has 6 heteroatoms. The second kappa shape index (κ2) is 5.68. The summed E-state index contributed by atoms with van der Waals surface area (Å²) in [5, 5.41) is -0.0799. The number of carbonyl (C=O) groups is 1. The van der Waals surface area contributed by atoms with E-state index in [4.69, 9.17) is 46.4 Å². The van der Waals surface area contributed by atoms with Gasteiger partial charge in [0.1, 0.15) is 5.82 Å². The van der Waals surface area contributed by atoms with Crippen LogP contribution in [0.5, 0.6) is 0 Å². The van der Waals surface area contributed by atoms with Crippen LogP contribution in [-0.2, 0) is 0 Å². The maximum atomic E-state index is 14.0. The predicted molar refractivity (Wildman–Crippen MR) is 77.0 cm³/mol. The first-order valence-corrected chi connectivity index (χ1v) is 6.55. The predicted octanol–water partition coefficient (Wildman–Crippen LogP) is 5.83. The van der Waals surface area contributed by atoms with Crippen LogP contribution in [-0.4, -0.2) is 5.24 Å². The average Bonchev–Trinajstić information content (AvgIpc) is 2.35. The first kappa shape index (κ1) is 14.6. The normalized spacial score (nSPS) is 10.6. The summed E-state index contributed by atoms with van der Waals surface area (Å²) in [6.07, 6.45) is 0. The number of benzene rings is 2. The van der Waals surface area contributed by atoms with Crippen molar-refractivity contribution in [2.45, 2.75) is 0 Å². The highest BCUT2D eigenvalue weighted by Gasteiger charge is 2.15. The molecule has 2 rings (SSSR count). The largest absolute Gasteiger partial charge is 0.276 e. The molecule has 2 aromatic carbocycles. The van der Waals surface area contributed by atoms with E-state index in [-0.39, 0.29) is 16.1 Å². The van der Waals surface area contributed by atoms with Crippen molar-refractivity contribution in [1.29, 1.82) is 0 Å². The zero-order valence-corrected chi connectivity index (χ0v) is 12.2. The molecule has 0 atom stereocenters. The minimum Gasteiger partial charge on any atom is -0.276 e. The van der Waals surface area contributed by atoms with E-state index in [1.54, 1.807) is 12.1 Å².